The Hall–Kier alpha value is -1.84. The van der Waals surface area contributed by atoms with E-state index in [-0.39, 0.29) is 23.1 Å². The molecule has 124 valence electrons. The Morgan fingerprint density at radius 3 is 2.61 bits per heavy atom. The molecule has 0 bridgehead atoms. The third-order valence-electron chi connectivity index (χ3n) is 6.11. The molecule has 23 heavy (non-hydrogen) atoms. The molecule has 0 amide bonds. The van der Waals surface area contributed by atoms with E-state index in [1.54, 1.807) is 7.11 Å². The van der Waals surface area contributed by atoms with Crippen molar-refractivity contribution in [2.75, 3.05) is 14.2 Å². The standard InChI is InChI=1S/C19H24O4/c1-18-8-5-9-19(2,17(21)23-4)16(18)11-15(20)13-10-12(22-3)6-7-14(13)18/h6-7,10,16H,5,8-9,11H2,1-4H3. The van der Waals surface area contributed by atoms with E-state index in [4.69, 9.17) is 9.47 Å². The average Bonchev–Trinajstić information content (AvgIpc) is 2.56. The first-order valence-corrected chi connectivity index (χ1v) is 8.17. The van der Waals surface area contributed by atoms with Gasteiger partial charge in [-0.3, -0.25) is 9.59 Å². The zero-order valence-electron chi connectivity index (χ0n) is 14.3. The number of carbonyl (C=O) groups excluding carboxylic acids is 2. The van der Waals surface area contributed by atoms with Crippen molar-refractivity contribution < 1.29 is 19.1 Å². The molecule has 2 aliphatic carbocycles. The van der Waals surface area contributed by atoms with E-state index in [0.717, 1.165) is 30.4 Å². The fourth-order valence-electron chi connectivity index (χ4n) is 4.80. The van der Waals surface area contributed by atoms with Gasteiger partial charge in [0.2, 0.25) is 0 Å². The van der Waals surface area contributed by atoms with Crippen molar-refractivity contribution in [1.29, 1.82) is 0 Å². The summed E-state index contributed by atoms with van der Waals surface area (Å²) in [5, 5.41) is 0. The van der Waals surface area contributed by atoms with Crippen molar-refractivity contribution in [3.8, 4) is 5.75 Å². The van der Waals surface area contributed by atoms with Gasteiger partial charge >= 0.3 is 5.97 Å². The number of carbonyl (C=O) groups is 2. The summed E-state index contributed by atoms with van der Waals surface area (Å²) in [5.74, 6) is 0.576. The fourth-order valence-corrected chi connectivity index (χ4v) is 4.80. The van der Waals surface area contributed by atoms with E-state index < -0.39 is 5.41 Å². The quantitative estimate of drug-likeness (QED) is 0.783. The first-order valence-electron chi connectivity index (χ1n) is 8.17. The van der Waals surface area contributed by atoms with E-state index in [9.17, 15) is 9.59 Å². The molecule has 1 fully saturated rings. The number of ketones is 1. The number of Topliss-reactive ketones (excluding diaryl/α,β-unsaturated/α-hetero) is 1. The van der Waals surface area contributed by atoms with Gasteiger partial charge in [0.15, 0.2) is 5.78 Å². The molecule has 3 rings (SSSR count). The van der Waals surface area contributed by atoms with E-state index in [2.05, 4.69) is 6.92 Å². The minimum atomic E-state index is -0.602. The van der Waals surface area contributed by atoms with Crippen molar-refractivity contribution in [3.05, 3.63) is 29.3 Å². The number of fused-ring (bicyclic) bond motifs is 3. The lowest BCUT2D eigenvalue weighted by atomic mass is 9.49. The first-order chi connectivity index (χ1) is 10.9. The van der Waals surface area contributed by atoms with Crippen LogP contribution >= 0.6 is 0 Å². The number of esters is 1. The summed E-state index contributed by atoms with van der Waals surface area (Å²) >= 11 is 0. The number of hydrogen-bond donors (Lipinski definition) is 0. The molecule has 0 N–H and O–H groups in total. The van der Waals surface area contributed by atoms with Crippen LogP contribution in [0.1, 0.15) is 55.5 Å². The van der Waals surface area contributed by atoms with Crippen LogP contribution in [-0.2, 0) is 14.9 Å². The van der Waals surface area contributed by atoms with E-state index in [0.29, 0.717) is 12.2 Å². The Kier molecular flexibility index (Phi) is 3.74. The highest BCUT2D eigenvalue weighted by atomic mass is 16.5. The van der Waals surface area contributed by atoms with Crippen LogP contribution in [0.5, 0.6) is 5.75 Å². The SMILES string of the molecule is COC(=O)C1(C)CCCC2(C)c3ccc(OC)cc3C(=O)CC12. The molecular formula is C19H24O4. The second-order valence-corrected chi connectivity index (χ2v) is 7.27. The van der Waals surface area contributed by atoms with Crippen LogP contribution in [0.15, 0.2) is 18.2 Å². The number of methoxy groups -OCH3 is 2. The first kappa shape index (κ1) is 16.0. The van der Waals surface area contributed by atoms with E-state index >= 15 is 0 Å². The zero-order chi connectivity index (χ0) is 16.8. The molecular weight excluding hydrogens is 292 g/mol. The Bertz CT molecular complexity index is 665. The minimum absolute atomic E-state index is 0.0235. The van der Waals surface area contributed by atoms with Crippen molar-refractivity contribution in [2.45, 2.75) is 44.9 Å². The van der Waals surface area contributed by atoms with Crippen LogP contribution in [0.2, 0.25) is 0 Å². The monoisotopic (exact) mass is 316 g/mol. The Morgan fingerprint density at radius 1 is 1.22 bits per heavy atom. The van der Waals surface area contributed by atoms with E-state index in [1.807, 2.05) is 25.1 Å². The van der Waals surface area contributed by atoms with Gasteiger partial charge in [-0.05, 0) is 48.8 Å². The van der Waals surface area contributed by atoms with Gasteiger partial charge in [-0.15, -0.1) is 0 Å². The molecule has 0 aliphatic heterocycles. The highest BCUT2D eigenvalue weighted by Crippen LogP contribution is 2.57. The zero-order valence-corrected chi connectivity index (χ0v) is 14.3. The van der Waals surface area contributed by atoms with Gasteiger partial charge in [-0.2, -0.15) is 0 Å². The van der Waals surface area contributed by atoms with Crippen LogP contribution in [0.3, 0.4) is 0 Å². The maximum atomic E-state index is 12.7. The summed E-state index contributed by atoms with van der Waals surface area (Å²) in [6.07, 6.45) is 3.11. The van der Waals surface area contributed by atoms with Crippen molar-refractivity contribution in [3.63, 3.8) is 0 Å². The summed E-state index contributed by atoms with van der Waals surface area (Å²) < 4.78 is 10.3. The van der Waals surface area contributed by atoms with Gasteiger partial charge in [-0.1, -0.05) is 19.4 Å². The highest BCUT2D eigenvalue weighted by Gasteiger charge is 2.57. The van der Waals surface area contributed by atoms with Gasteiger partial charge in [-0.25, -0.2) is 0 Å². The van der Waals surface area contributed by atoms with Crippen LogP contribution in [0.25, 0.3) is 0 Å². The fraction of sp³-hybridized carbons (Fsp3) is 0.579. The second kappa shape index (κ2) is 5.36. The topological polar surface area (TPSA) is 52.6 Å². The molecule has 4 heteroatoms. The minimum Gasteiger partial charge on any atom is -0.497 e. The van der Waals surface area contributed by atoms with Gasteiger partial charge in [0, 0.05) is 12.0 Å². The smallest absolute Gasteiger partial charge is 0.311 e. The summed E-state index contributed by atoms with van der Waals surface area (Å²) in [6.45, 7) is 4.15. The summed E-state index contributed by atoms with van der Waals surface area (Å²) in [7, 11) is 3.04. The molecule has 0 saturated heterocycles. The average molecular weight is 316 g/mol. The number of benzene rings is 1. The Morgan fingerprint density at radius 2 is 1.96 bits per heavy atom. The van der Waals surface area contributed by atoms with Crippen molar-refractivity contribution in [1.82, 2.24) is 0 Å². The van der Waals surface area contributed by atoms with Crippen LogP contribution in [-0.4, -0.2) is 26.0 Å². The predicted octanol–water partition coefficient (Wildman–Crippen LogP) is 3.52. The third kappa shape index (κ3) is 2.19. The molecule has 2 aliphatic rings. The molecule has 0 aromatic heterocycles. The van der Waals surface area contributed by atoms with Crippen molar-refractivity contribution >= 4 is 11.8 Å². The van der Waals surface area contributed by atoms with E-state index in [1.165, 1.54) is 7.11 Å². The lowest BCUT2D eigenvalue weighted by Crippen LogP contribution is -2.53. The summed E-state index contributed by atoms with van der Waals surface area (Å²) in [4.78, 5) is 25.2. The largest absolute Gasteiger partial charge is 0.497 e. The normalized spacial score (nSPS) is 32.7. The maximum Gasteiger partial charge on any atom is 0.311 e. The lowest BCUT2D eigenvalue weighted by Gasteiger charge is -2.53. The van der Waals surface area contributed by atoms with Crippen LogP contribution in [0.4, 0.5) is 0 Å². The van der Waals surface area contributed by atoms with Gasteiger partial charge in [0.25, 0.3) is 0 Å². The van der Waals surface area contributed by atoms with Crippen molar-refractivity contribution in [2.24, 2.45) is 11.3 Å². The molecule has 3 unspecified atom stereocenters. The third-order valence-corrected chi connectivity index (χ3v) is 6.11. The van der Waals surface area contributed by atoms with Gasteiger partial charge < -0.3 is 9.47 Å². The molecule has 0 spiro atoms. The van der Waals surface area contributed by atoms with Gasteiger partial charge in [0.1, 0.15) is 5.75 Å². The van der Waals surface area contributed by atoms with Crippen LogP contribution < -0.4 is 4.74 Å². The number of ether oxygens (including phenoxy) is 2. The van der Waals surface area contributed by atoms with Crippen LogP contribution in [0, 0.1) is 11.3 Å². The molecule has 3 atom stereocenters. The number of rotatable bonds is 2. The molecule has 1 aromatic carbocycles. The van der Waals surface area contributed by atoms with Gasteiger partial charge in [0.05, 0.1) is 19.6 Å². The lowest BCUT2D eigenvalue weighted by molar-refractivity contribution is -0.160. The predicted molar refractivity (Wildman–Crippen MR) is 86.8 cm³/mol. The highest BCUT2D eigenvalue weighted by molar-refractivity contribution is 6.00. The molecule has 0 radical (unpaired) electrons. The second-order valence-electron chi connectivity index (χ2n) is 7.27. The Balaban J connectivity index is 2.14. The molecule has 1 aromatic rings. The Labute approximate surface area is 137 Å². The summed E-state index contributed by atoms with van der Waals surface area (Å²) in [5.41, 5.74) is 1.01. The summed E-state index contributed by atoms with van der Waals surface area (Å²) in [6, 6.07) is 5.74. The molecule has 0 heterocycles. The number of hydrogen-bond acceptors (Lipinski definition) is 4. The maximum absolute atomic E-state index is 12.7. The molecule has 4 nitrogen and oxygen atoms in total. The molecule has 1 saturated carbocycles.